The second kappa shape index (κ2) is 11.5. The van der Waals surface area contributed by atoms with Crippen molar-refractivity contribution in [1.82, 2.24) is 0 Å². The number of nitrogens with zero attached hydrogens (tertiary/aromatic N) is 1. The zero-order valence-corrected chi connectivity index (χ0v) is 15.8. The molecule has 0 spiro atoms. The Morgan fingerprint density at radius 1 is 1.12 bits per heavy atom. The van der Waals surface area contributed by atoms with Crippen molar-refractivity contribution in [3.8, 4) is 0 Å². The van der Waals surface area contributed by atoms with Gasteiger partial charge in [0.05, 0.1) is 11.6 Å². The Morgan fingerprint density at radius 2 is 1.62 bits per heavy atom. The summed E-state index contributed by atoms with van der Waals surface area (Å²) in [5.74, 6) is 0.199. The number of benzene rings is 1. The molecule has 0 aliphatic carbocycles. The first-order chi connectivity index (χ1) is 11.4. The van der Waals surface area contributed by atoms with Crippen molar-refractivity contribution in [2.24, 2.45) is 17.8 Å². The van der Waals surface area contributed by atoms with Gasteiger partial charge in [-0.05, 0) is 18.1 Å². The number of hydrogen-bond donors (Lipinski definition) is 0. The lowest BCUT2D eigenvalue weighted by molar-refractivity contribution is -0.123. The first-order valence-corrected chi connectivity index (χ1v) is 8.79. The first kappa shape index (κ1) is 22.0. The third-order valence-corrected chi connectivity index (χ3v) is 3.80. The highest BCUT2D eigenvalue weighted by atomic mass is 16.2. The lowest BCUT2D eigenvalue weighted by Gasteiger charge is -2.17. The van der Waals surface area contributed by atoms with Crippen molar-refractivity contribution in [3.05, 3.63) is 30.3 Å². The highest BCUT2D eigenvalue weighted by molar-refractivity contribution is 6.20. The summed E-state index contributed by atoms with van der Waals surface area (Å²) in [5.41, 5.74) is 0.688. The standard InChI is InChI=1S/C14H17NO2.C4H8O.C2H6/c1-3-10(2)12-9-13(16)15(14(12)17)11-7-5-4-6-8-11;1-4(2)3-5;1-2/h4-8,10,12H,3,9H2,1-2H3;3-4H,1-2H3;1-2H3. The fraction of sp³-hybridized carbons (Fsp3) is 0.550. The Labute approximate surface area is 146 Å². The number of imide groups is 1. The van der Waals surface area contributed by atoms with Crippen LogP contribution in [0.2, 0.25) is 0 Å². The van der Waals surface area contributed by atoms with Crippen LogP contribution in [-0.2, 0) is 14.4 Å². The van der Waals surface area contributed by atoms with E-state index in [0.29, 0.717) is 12.1 Å². The van der Waals surface area contributed by atoms with Gasteiger partial charge in [0.1, 0.15) is 6.29 Å². The number of carbonyl (C=O) groups is 3. The van der Waals surface area contributed by atoms with E-state index in [1.54, 1.807) is 12.1 Å². The van der Waals surface area contributed by atoms with Crippen molar-refractivity contribution in [3.63, 3.8) is 0 Å². The van der Waals surface area contributed by atoms with Gasteiger partial charge >= 0.3 is 0 Å². The third-order valence-electron chi connectivity index (χ3n) is 3.80. The van der Waals surface area contributed by atoms with E-state index in [0.717, 1.165) is 12.7 Å². The number of para-hydroxylation sites is 1. The summed E-state index contributed by atoms with van der Waals surface area (Å²) in [7, 11) is 0. The van der Waals surface area contributed by atoms with Crippen molar-refractivity contribution in [2.75, 3.05) is 4.90 Å². The predicted octanol–water partition coefficient (Wildman–Crippen LogP) is 4.48. The number of rotatable bonds is 4. The van der Waals surface area contributed by atoms with Gasteiger partial charge in [0, 0.05) is 12.3 Å². The van der Waals surface area contributed by atoms with Gasteiger partial charge in [0.25, 0.3) is 0 Å². The molecule has 24 heavy (non-hydrogen) atoms. The van der Waals surface area contributed by atoms with E-state index >= 15 is 0 Å². The molecule has 1 aromatic rings. The van der Waals surface area contributed by atoms with Crippen LogP contribution in [0.5, 0.6) is 0 Å². The highest BCUT2D eigenvalue weighted by Gasteiger charge is 2.41. The average Bonchev–Trinajstić information content (AvgIpc) is 2.91. The topological polar surface area (TPSA) is 54.5 Å². The van der Waals surface area contributed by atoms with Gasteiger partial charge in [-0.15, -0.1) is 0 Å². The molecule has 2 unspecified atom stereocenters. The van der Waals surface area contributed by atoms with E-state index in [1.165, 1.54) is 4.90 Å². The van der Waals surface area contributed by atoms with Gasteiger partial charge in [-0.3, -0.25) is 14.5 Å². The van der Waals surface area contributed by atoms with Crippen molar-refractivity contribution < 1.29 is 14.4 Å². The lowest BCUT2D eigenvalue weighted by atomic mass is 9.90. The molecule has 1 aliphatic heterocycles. The van der Waals surface area contributed by atoms with Crippen LogP contribution in [-0.4, -0.2) is 18.1 Å². The molecule has 2 amide bonds. The van der Waals surface area contributed by atoms with Gasteiger partial charge in [0.15, 0.2) is 0 Å². The zero-order valence-electron chi connectivity index (χ0n) is 15.8. The summed E-state index contributed by atoms with van der Waals surface area (Å²) < 4.78 is 0. The van der Waals surface area contributed by atoms with Crippen molar-refractivity contribution >= 4 is 23.8 Å². The van der Waals surface area contributed by atoms with Crippen LogP contribution in [0.25, 0.3) is 0 Å². The number of anilines is 1. The van der Waals surface area contributed by atoms with E-state index in [1.807, 2.05) is 59.7 Å². The third kappa shape index (κ3) is 6.26. The molecule has 2 rings (SSSR count). The molecular weight excluding hydrogens is 302 g/mol. The van der Waals surface area contributed by atoms with Crippen molar-refractivity contribution in [1.29, 1.82) is 0 Å². The monoisotopic (exact) mass is 333 g/mol. The van der Waals surface area contributed by atoms with Crippen LogP contribution in [0.3, 0.4) is 0 Å². The maximum atomic E-state index is 12.2. The largest absolute Gasteiger partial charge is 0.303 e. The molecule has 0 N–H and O–H groups in total. The molecule has 1 aliphatic rings. The molecule has 1 saturated heterocycles. The molecule has 4 nitrogen and oxygen atoms in total. The number of amides is 2. The first-order valence-electron chi connectivity index (χ1n) is 8.79. The minimum absolute atomic E-state index is 0.0458. The maximum absolute atomic E-state index is 12.2. The summed E-state index contributed by atoms with van der Waals surface area (Å²) in [6, 6.07) is 9.16. The number of carbonyl (C=O) groups excluding carboxylic acids is 3. The summed E-state index contributed by atoms with van der Waals surface area (Å²) >= 11 is 0. The van der Waals surface area contributed by atoms with Gasteiger partial charge in [0.2, 0.25) is 11.8 Å². The average molecular weight is 333 g/mol. The Hall–Kier alpha value is -1.97. The molecule has 4 heteroatoms. The van der Waals surface area contributed by atoms with Crippen LogP contribution < -0.4 is 4.90 Å². The van der Waals surface area contributed by atoms with Gasteiger partial charge in [-0.1, -0.05) is 66.2 Å². The summed E-state index contributed by atoms with van der Waals surface area (Å²) in [6.45, 7) is 11.8. The van der Waals surface area contributed by atoms with Crippen LogP contribution in [0, 0.1) is 17.8 Å². The Balaban J connectivity index is 0.000000650. The van der Waals surface area contributed by atoms with E-state index in [4.69, 9.17) is 0 Å². The summed E-state index contributed by atoms with van der Waals surface area (Å²) in [6.07, 6.45) is 2.19. The molecule has 0 saturated carbocycles. The predicted molar refractivity (Wildman–Crippen MR) is 98.7 cm³/mol. The van der Waals surface area contributed by atoms with Crippen LogP contribution in [0.1, 0.15) is 54.4 Å². The minimum Gasteiger partial charge on any atom is -0.303 e. The molecule has 0 aromatic heterocycles. The zero-order chi connectivity index (χ0) is 18.7. The molecule has 1 heterocycles. The molecule has 1 fully saturated rings. The smallest absolute Gasteiger partial charge is 0.237 e. The van der Waals surface area contributed by atoms with Gasteiger partial charge in [-0.25, -0.2) is 0 Å². The molecule has 134 valence electrons. The summed E-state index contributed by atoms with van der Waals surface area (Å²) in [5, 5.41) is 0. The molecule has 2 atom stereocenters. The second-order valence-corrected chi connectivity index (χ2v) is 5.98. The Morgan fingerprint density at radius 3 is 2.04 bits per heavy atom. The molecule has 1 aromatic carbocycles. The van der Waals surface area contributed by atoms with Crippen LogP contribution in [0.15, 0.2) is 30.3 Å². The quantitative estimate of drug-likeness (QED) is 0.603. The van der Waals surface area contributed by atoms with Gasteiger partial charge < -0.3 is 4.79 Å². The molecule has 0 bridgehead atoms. The SMILES string of the molecule is CC.CC(C)C=O.CCC(C)C1CC(=O)N(c2ccccc2)C1=O. The van der Waals surface area contributed by atoms with Gasteiger partial charge in [-0.2, -0.15) is 0 Å². The molecular formula is C20H31NO3. The Bertz CT molecular complexity index is 511. The van der Waals surface area contributed by atoms with Crippen molar-refractivity contribution in [2.45, 2.75) is 54.4 Å². The fourth-order valence-corrected chi connectivity index (χ4v) is 2.23. The lowest BCUT2D eigenvalue weighted by Crippen LogP contribution is -2.31. The van der Waals surface area contributed by atoms with Crippen LogP contribution in [0.4, 0.5) is 5.69 Å². The normalized spacial score (nSPS) is 17.6. The minimum atomic E-state index is -0.146. The second-order valence-electron chi connectivity index (χ2n) is 5.98. The highest BCUT2D eigenvalue weighted by Crippen LogP contribution is 2.31. The van der Waals surface area contributed by atoms with E-state index in [2.05, 4.69) is 0 Å². The number of hydrogen-bond acceptors (Lipinski definition) is 3. The Kier molecular flexibility index (Phi) is 10.6. The number of aldehydes is 1. The summed E-state index contributed by atoms with van der Waals surface area (Å²) in [4.78, 5) is 35.0. The molecule has 0 radical (unpaired) electrons. The van der Waals surface area contributed by atoms with E-state index in [9.17, 15) is 14.4 Å². The van der Waals surface area contributed by atoms with E-state index in [-0.39, 0.29) is 29.6 Å². The van der Waals surface area contributed by atoms with E-state index < -0.39 is 0 Å². The van der Waals surface area contributed by atoms with Crippen LogP contribution >= 0.6 is 0 Å². The maximum Gasteiger partial charge on any atom is 0.237 e. The fourth-order valence-electron chi connectivity index (χ4n) is 2.23.